The molecule has 1 saturated heterocycles. The number of benzene rings is 1. The number of ketones is 1. The predicted octanol–water partition coefficient (Wildman–Crippen LogP) is 2.55. The fourth-order valence-corrected chi connectivity index (χ4v) is 4.54. The summed E-state index contributed by atoms with van der Waals surface area (Å²) in [6.07, 6.45) is 1.16. The van der Waals surface area contributed by atoms with Gasteiger partial charge in [0.25, 0.3) is 5.91 Å². The number of rotatable bonds is 7. The van der Waals surface area contributed by atoms with E-state index in [-0.39, 0.29) is 12.3 Å². The van der Waals surface area contributed by atoms with Crippen LogP contribution in [0.5, 0.6) is 5.75 Å². The van der Waals surface area contributed by atoms with Gasteiger partial charge in [0, 0.05) is 49.2 Å². The third-order valence-electron chi connectivity index (χ3n) is 6.16. The molecule has 0 unspecified atom stereocenters. The van der Waals surface area contributed by atoms with E-state index in [4.69, 9.17) is 9.47 Å². The second-order valence-corrected chi connectivity index (χ2v) is 8.03. The summed E-state index contributed by atoms with van der Waals surface area (Å²) in [5.41, 5.74) is 1.78. The van der Waals surface area contributed by atoms with Gasteiger partial charge in [-0.25, -0.2) is 4.79 Å². The molecule has 0 saturated carbocycles. The van der Waals surface area contributed by atoms with Gasteiger partial charge in [0.1, 0.15) is 5.75 Å². The summed E-state index contributed by atoms with van der Waals surface area (Å²) in [6, 6.07) is 8.46. The summed E-state index contributed by atoms with van der Waals surface area (Å²) in [4.78, 5) is 40.2. The Morgan fingerprint density at radius 1 is 1.26 bits per heavy atom. The first-order chi connectivity index (χ1) is 14.9. The van der Waals surface area contributed by atoms with Crippen LogP contribution in [0.25, 0.3) is 0 Å². The minimum Gasteiger partial charge on any atom is -0.493 e. The first kappa shape index (κ1) is 21.1. The van der Waals surface area contributed by atoms with Crippen molar-refractivity contribution in [1.29, 1.82) is 0 Å². The number of hydrogen-bond donors (Lipinski definition) is 1. The van der Waals surface area contributed by atoms with Crippen molar-refractivity contribution in [3.8, 4) is 5.75 Å². The standard InChI is InChI=1S/C23H27N3O5/c1-15-13-17(16(2)25(15)10-6-11-30-3)19(27)14-26-21(28)23(24-22(26)29)9-12-31-20-8-5-4-7-18(20)23/h4-5,7-8,13H,6,9-12,14H2,1-3H3,(H,24,29)/t23-/m1/s1. The number of methoxy groups -OCH3 is 1. The molecule has 1 N–H and O–H groups in total. The molecular formula is C23H27N3O5. The molecule has 1 aromatic carbocycles. The molecule has 164 valence electrons. The van der Waals surface area contributed by atoms with Crippen LogP contribution in [-0.2, 0) is 21.6 Å². The van der Waals surface area contributed by atoms with Gasteiger partial charge in [0.2, 0.25) is 0 Å². The summed E-state index contributed by atoms with van der Waals surface area (Å²) in [7, 11) is 1.66. The monoisotopic (exact) mass is 425 g/mol. The van der Waals surface area contributed by atoms with E-state index in [0.29, 0.717) is 36.5 Å². The molecule has 1 fully saturated rings. The number of urea groups is 1. The molecule has 1 atom stereocenters. The van der Waals surface area contributed by atoms with Crippen LogP contribution in [0.3, 0.4) is 0 Å². The molecule has 2 aliphatic heterocycles. The van der Waals surface area contributed by atoms with Crippen molar-refractivity contribution in [2.24, 2.45) is 0 Å². The maximum Gasteiger partial charge on any atom is 0.325 e. The molecule has 0 aliphatic carbocycles. The molecule has 0 bridgehead atoms. The van der Waals surface area contributed by atoms with Gasteiger partial charge in [-0.2, -0.15) is 0 Å². The Kier molecular flexibility index (Phi) is 5.58. The summed E-state index contributed by atoms with van der Waals surface area (Å²) in [5, 5.41) is 2.83. The quantitative estimate of drug-likeness (QED) is 0.418. The minimum atomic E-state index is -1.18. The van der Waals surface area contributed by atoms with Crippen molar-refractivity contribution < 1.29 is 23.9 Å². The molecule has 0 radical (unpaired) electrons. The van der Waals surface area contributed by atoms with Gasteiger partial charge in [0.05, 0.1) is 13.2 Å². The molecule has 3 amide bonds. The second-order valence-electron chi connectivity index (χ2n) is 8.03. The van der Waals surface area contributed by atoms with Crippen LogP contribution in [0.4, 0.5) is 4.79 Å². The first-order valence-corrected chi connectivity index (χ1v) is 10.4. The van der Waals surface area contributed by atoms with Gasteiger partial charge >= 0.3 is 6.03 Å². The Labute approximate surface area is 181 Å². The Balaban J connectivity index is 1.56. The number of nitrogens with one attached hydrogen (secondary N) is 1. The molecule has 1 aromatic heterocycles. The molecule has 31 heavy (non-hydrogen) atoms. The van der Waals surface area contributed by atoms with E-state index in [0.717, 1.165) is 29.3 Å². The Morgan fingerprint density at radius 2 is 2.03 bits per heavy atom. The van der Waals surface area contributed by atoms with Crippen molar-refractivity contribution in [3.05, 3.63) is 52.8 Å². The Hall–Kier alpha value is -3.13. The first-order valence-electron chi connectivity index (χ1n) is 10.4. The predicted molar refractivity (Wildman–Crippen MR) is 113 cm³/mol. The fourth-order valence-electron chi connectivity index (χ4n) is 4.54. The minimum absolute atomic E-state index is 0.257. The SMILES string of the molecule is COCCCn1c(C)cc(C(=O)CN2C(=O)N[C@@]3(CCOc4ccccc43)C2=O)c1C. The van der Waals surface area contributed by atoms with Crippen molar-refractivity contribution in [1.82, 2.24) is 14.8 Å². The number of para-hydroxylation sites is 1. The smallest absolute Gasteiger partial charge is 0.325 e. The number of aryl methyl sites for hydroxylation is 1. The van der Waals surface area contributed by atoms with Crippen LogP contribution >= 0.6 is 0 Å². The van der Waals surface area contributed by atoms with Crippen LogP contribution in [0.15, 0.2) is 30.3 Å². The highest BCUT2D eigenvalue weighted by atomic mass is 16.5. The zero-order valence-corrected chi connectivity index (χ0v) is 18.1. The van der Waals surface area contributed by atoms with E-state index >= 15 is 0 Å². The van der Waals surface area contributed by atoms with Crippen LogP contribution in [0.1, 0.15) is 40.2 Å². The average Bonchev–Trinajstić information content (AvgIpc) is 3.17. The van der Waals surface area contributed by atoms with Crippen molar-refractivity contribution in [2.75, 3.05) is 26.9 Å². The van der Waals surface area contributed by atoms with Crippen LogP contribution in [0.2, 0.25) is 0 Å². The van der Waals surface area contributed by atoms with E-state index in [9.17, 15) is 14.4 Å². The van der Waals surface area contributed by atoms with Gasteiger partial charge in [0.15, 0.2) is 11.3 Å². The lowest BCUT2D eigenvalue weighted by atomic mass is 9.84. The maximum absolute atomic E-state index is 13.4. The van der Waals surface area contributed by atoms with Crippen LogP contribution in [-0.4, -0.2) is 54.1 Å². The van der Waals surface area contributed by atoms with Crippen molar-refractivity contribution in [2.45, 2.75) is 38.8 Å². The number of amides is 3. The number of carbonyl (C=O) groups is 3. The molecule has 4 rings (SSSR count). The maximum atomic E-state index is 13.4. The van der Waals surface area contributed by atoms with Gasteiger partial charge < -0.3 is 19.4 Å². The number of nitrogens with zero attached hydrogens (tertiary/aromatic N) is 2. The second kappa shape index (κ2) is 8.19. The zero-order chi connectivity index (χ0) is 22.2. The number of ether oxygens (including phenoxy) is 2. The van der Waals surface area contributed by atoms with Gasteiger partial charge in [-0.3, -0.25) is 14.5 Å². The lowest BCUT2D eigenvalue weighted by Gasteiger charge is -2.33. The molecule has 8 heteroatoms. The molecule has 8 nitrogen and oxygen atoms in total. The molecule has 2 aliphatic rings. The van der Waals surface area contributed by atoms with Gasteiger partial charge in [-0.05, 0) is 32.4 Å². The highest BCUT2D eigenvalue weighted by Gasteiger charge is 2.55. The van der Waals surface area contributed by atoms with E-state index in [2.05, 4.69) is 9.88 Å². The van der Waals surface area contributed by atoms with Crippen molar-refractivity contribution >= 4 is 17.7 Å². The molecular weight excluding hydrogens is 398 g/mol. The van der Waals surface area contributed by atoms with Crippen molar-refractivity contribution in [3.63, 3.8) is 0 Å². The van der Waals surface area contributed by atoms with E-state index in [1.54, 1.807) is 25.3 Å². The Bertz CT molecular complexity index is 1040. The molecule has 1 spiro atoms. The number of fused-ring (bicyclic) bond motifs is 2. The summed E-state index contributed by atoms with van der Waals surface area (Å²) in [5.74, 6) is -0.0855. The largest absolute Gasteiger partial charge is 0.493 e. The Morgan fingerprint density at radius 3 is 2.81 bits per heavy atom. The normalized spacial score (nSPS) is 20.0. The third kappa shape index (κ3) is 3.50. The lowest BCUT2D eigenvalue weighted by molar-refractivity contribution is -0.132. The molecule has 3 heterocycles. The van der Waals surface area contributed by atoms with E-state index < -0.39 is 17.5 Å². The van der Waals surface area contributed by atoms with Crippen LogP contribution in [0, 0.1) is 13.8 Å². The fraction of sp³-hybridized carbons (Fsp3) is 0.435. The average molecular weight is 425 g/mol. The summed E-state index contributed by atoms with van der Waals surface area (Å²) < 4.78 is 12.8. The van der Waals surface area contributed by atoms with Gasteiger partial charge in [-0.1, -0.05) is 18.2 Å². The summed E-state index contributed by atoms with van der Waals surface area (Å²) in [6.45, 7) is 5.22. The topological polar surface area (TPSA) is 89.9 Å². The van der Waals surface area contributed by atoms with E-state index in [1.807, 2.05) is 26.0 Å². The highest BCUT2D eigenvalue weighted by Crippen LogP contribution is 2.41. The summed E-state index contributed by atoms with van der Waals surface area (Å²) >= 11 is 0. The van der Waals surface area contributed by atoms with E-state index in [1.165, 1.54) is 0 Å². The number of imide groups is 1. The highest BCUT2D eigenvalue weighted by molar-refractivity contribution is 6.12. The number of carbonyl (C=O) groups excluding carboxylic acids is 3. The van der Waals surface area contributed by atoms with Crippen LogP contribution < -0.4 is 10.1 Å². The molecule has 2 aromatic rings. The third-order valence-corrected chi connectivity index (χ3v) is 6.16. The zero-order valence-electron chi connectivity index (χ0n) is 18.1. The lowest BCUT2D eigenvalue weighted by Crippen LogP contribution is -2.47. The number of aromatic nitrogens is 1. The number of hydrogen-bond acceptors (Lipinski definition) is 5. The van der Waals surface area contributed by atoms with Gasteiger partial charge in [-0.15, -0.1) is 0 Å². The number of Topliss-reactive ketones (excluding diaryl/α,β-unsaturated/α-hetero) is 1.